The number of nitrogens with zero attached hydrogens (tertiary/aromatic N) is 2. The number of aryl methyl sites for hydroxylation is 1. The molecule has 0 atom stereocenters. The van der Waals surface area contributed by atoms with Crippen LogP contribution in [0.2, 0.25) is 0 Å². The Labute approximate surface area is 74.2 Å². The van der Waals surface area contributed by atoms with Gasteiger partial charge in [-0.15, -0.1) is 0 Å². The van der Waals surface area contributed by atoms with Crippen molar-refractivity contribution in [3.05, 3.63) is 40.9 Å². The first-order valence-corrected chi connectivity index (χ1v) is 3.89. The van der Waals surface area contributed by atoms with Crippen molar-refractivity contribution in [2.75, 3.05) is 0 Å². The van der Waals surface area contributed by atoms with Gasteiger partial charge in [-0.25, -0.2) is 0 Å². The Hall–Kier alpha value is -1.84. The fourth-order valence-corrected chi connectivity index (χ4v) is 1.30. The zero-order chi connectivity index (χ0) is 9.42. The highest BCUT2D eigenvalue weighted by Crippen LogP contribution is 2.01. The minimum Gasteiger partial charge on any atom is -0.318 e. The zero-order valence-electron chi connectivity index (χ0n) is 7.14. The van der Waals surface area contributed by atoms with Gasteiger partial charge < -0.3 is 4.57 Å². The van der Waals surface area contributed by atoms with Crippen molar-refractivity contribution < 1.29 is 9.94 Å². The first kappa shape index (κ1) is 7.79. The smallest absolute Gasteiger partial charge is 0.271 e. The van der Waals surface area contributed by atoms with E-state index in [4.69, 9.17) is 0 Å². The van der Waals surface area contributed by atoms with Crippen LogP contribution in [0.25, 0.3) is 10.9 Å². The molecular weight excluding hydrogens is 168 g/mol. The molecule has 4 heteroatoms. The van der Waals surface area contributed by atoms with Gasteiger partial charge in [-0.2, -0.15) is 0 Å². The zero-order valence-corrected chi connectivity index (χ0v) is 7.14. The van der Waals surface area contributed by atoms with Crippen LogP contribution in [0.15, 0.2) is 35.4 Å². The number of pyridine rings is 2. The van der Waals surface area contributed by atoms with Crippen molar-refractivity contribution in [1.29, 1.82) is 0 Å². The predicted octanol–water partition coefficient (Wildman–Crippen LogP) is 0.0633. The molecule has 0 amide bonds. The Morgan fingerprint density at radius 2 is 2.23 bits per heavy atom. The Balaban J connectivity index is 3.03. The van der Waals surface area contributed by atoms with E-state index in [9.17, 15) is 10.0 Å². The Bertz CT molecular complexity index is 516. The second kappa shape index (κ2) is 2.58. The van der Waals surface area contributed by atoms with Gasteiger partial charge in [0, 0.05) is 30.1 Å². The van der Waals surface area contributed by atoms with Crippen LogP contribution in [0.1, 0.15) is 0 Å². The molecule has 0 saturated heterocycles. The van der Waals surface area contributed by atoms with E-state index < -0.39 is 0 Å². The molecule has 4 nitrogen and oxygen atoms in total. The normalized spacial score (nSPS) is 10.5. The summed E-state index contributed by atoms with van der Waals surface area (Å²) in [5.41, 5.74) is 0.409. The van der Waals surface area contributed by atoms with E-state index in [-0.39, 0.29) is 5.56 Å². The molecule has 1 N–H and O–H groups in total. The van der Waals surface area contributed by atoms with Gasteiger partial charge in [0.15, 0.2) is 0 Å². The maximum Gasteiger partial charge on any atom is 0.271 e. The van der Waals surface area contributed by atoms with Crippen LogP contribution >= 0.6 is 0 Å². The van der Waals surface area contributed by atoms with Gasteiger partial charge in [0.2, 0.25) is 6.20 Å². The number of fused-ring (bicyclic) bond motifs is 1. The van der Waals surface area contributed by atoms with Gasteiger partial charge >= 0.3 is 0 Å². The lowest BCUT2D eigenvalue weighted by atomic mass is 10.3. The quantitative estimate of drug-likeness (QED) is 0.457. The molecule has 2 aromatic heterocycles. The van der Waals surface area contributed by atoms with Crippen molar-refractivity contribution in [3.8, 4) is 0 Å². The maximum absolute atomic E-state index is 11.5. The summed E-state index contributed by atoms with van der Waals surface area (Å²) in [5.74, 6) is 0. The van der Waals surface area contributed by atoms with E-state index >= 15 is 0 Å². The standard InChI is InChI=1S/C9H9N2O2/c1-10-6-4-8-7(9(10)12)3-2-5-11(8)13/h2-6,13H,1H3/q+1. The molecule has 0 saturated carbocycles. The topological polar surface area (TPSA) is 46.1 Å². The first-order valence-electron chi connectivity index (χ1n) is 3.89. The van der Waals surface area contributed by atoms with Crippen LogP contribution < -0.4 is 10.3 Å². The summed E-state index contributed by atoms with van der Waals surface area (Å²) < 4.78 is 2.42. The molecule has 66 valence electrons. The third kappa shape index (κ3) is 1.07. The Kier molecular flexibility index (Phi) is 1.55. The SMILES string of the molecule is Cn1ccc2c(ccc[n+]2O)c1=O. The molecule has 0 aliphatic heterocycles. The van der Waals surface area contributed by atoms with Crippen molar-refractivity contribution in [3.63, 3.8) is 0 Å². The minimum atomic E-state index is -0.110. The fourth-order valence-electron chi connectivity index (χ4n) is 1.30. The summed E-state index contributed by atoms with van der Waals surface area (Å²) in [7, 11) is 1.68. The maximum atomic E-state index is 11.5. The van der Waals surface area contributed by atoms with E-state index in [0.29, 0.717) is 10.9 Å². The van der Waals surface area contributed by atoms with Crippen LogP contribution in [-0.4, -0.2) is 9.77 Å². The molecule has 0 radical (unpaired) electrons. The van der Waals surface area contributed by atoms with E-state index in [1.807, 2.05) is 0 Å². The highest BCUT2D eigenvalue weighted by molar-refractivity contribution is 5.73. The molecule has 0 aromatic carbocycles. The minimum absolute atomic E-state index is 0.110. The summed E-state index contributed by atoms with van der Waals surface area (Å²) in [6.45, 7) is 0. The molecule has 13 heavy (non-hydrogen) atoms. The molecule has 0 spiro atoms. The highest BCUT2D eigenvalue weighted by atomic mass is 16.5. The predicted molar refractivity (Wildman–Crippen MR) is 46.6 cm³/mol. The second-order valence-electron chi connectivity index (χ2n) is 2.88. The first-order chi connectivity index (χ1) is 6.20. The lowest BCUT2D eigenvalue weighted by Gasteiger charge is -1.96. The van der Waals surface area contributed by atoms with E-state index in [1.54, 1.807) is 31.4 Å². The molecule has 0 aliphatic rings. The van der Waals surface area contributed by atoms with Crippen LogP contribution in [0, 0.1) is 0 Å². The van der Waals surface area contributed by atoms with Gasteiger partial charge in [-0.05, 0) is 6.07 Å². The van der Waals surface area contributed by atoms with Crippen LogP contribution in [0.4, 0.5) is 0 Å². The number of rotatable bonds is 0. The molecule has 0 unspecified atom stereocenters. The summed E-state index contributed by atoms with van der Waals surface area (Å²) >= 11 is 0. The number of aromatic nitrogens is 2. The fraction of sp³-hybridized carbons (Fsp3) is 0.111. The Morgan fingerprint density at radius 1 is 1.46 bits per heavy atom. The van der Waals surface area contributed by atoms with Crippen LogP contribution in [0.5, 0.6) is 0 Å². The summed E-state index contributed by atoms with van der Waals surface area (Å²) in [6, 6.07) is 5.00. The van der Waals surface area contributed by atoms with Crippen LogP contribution in [-0.2, 0) is 7.05 Å². The molecule has 2 aromatic rings. The molecular formula is C9H9N2O2+. The average Bonchev–Trinajstić information content (AvgIpc) is 2.12. The third-order valence-electron chi connectivity index (χ3n) is 2.02. The summed E-state index contributed by atoms with van der Waals surface area (Å²) in [5, 5.41) is 9.86. The van der Waals surface area contributed by atoms with Gasteiger partial charge in [0.25, 0.3) is 11.1 Å². The molecule has 0 aliphatic carbocycles. The van der Waals surface area contributed by atoms with E-state index in [2.05, 4.69) is 0 Å². The van der Waals surface area contributed by atoms with Crippen molar-refractivity contribution in [2.45, 2.75) is 0 Å². The average molecular weight is 177 g/mol. The second-order valence-corrected chi connectivity index (χ2v) is 2.88. The molecule has 0 fully saturated rings. The van der Waals surface area contributed by atoms with Crippen molar-refractivity contribution >= 4 is 10.9 Å². The molecule has 2 rings (SSSR count). The van der Waals surface area contributed by atoms with Crippen LogP contribution in [0.3, 0.4) is 0 Å². The van der Waals surface area contributed by atoms with Gasteiger partial charge in [-0.1, -0.05) is 0 Å². The number of hydrogen-bond acceptors (Lipinski definition) is 2. The van der Waals surface area contributed by atoms with E-state index in [0.717, 1.165) is 4.73 Å². The van der Waals surface area contributed by atoms with Crippen molar-refractivity contribution in [2.24, 2.45) is 7.05 Å². The summed E-state index contributed by atoms with van der Waals surface area (Å²) in [6.07, 6.45) is 3.11. The molecule has 0 bridgehead atoms. The van der Waals surface area contributed by atoms with Gasteiger partial charge in [0.1, 0.15) is 5.39 Å². The highest BCUT2D eigenvalue weighted by Gasteiger charge is 2.09. The molecule has 2 heterocycles. The lowest BCUT2D eigenvalue weighted by Crippen LogP contribution is -2.32. The van der Waals surface area contributed by atoms with Gasteiger partial charge in [-0.3, -0.25) is 10.0 Å². The monoisotopic (exact) mass is 177 g/mol. The van der Waals surface area contributed by atoms with E-state index in [1.165, 1.54) is 10.8 Å². The lowest BCUT2D eigenvalue weighted by molar-refractivity contribution is -0.884. The third-order valence-corrected chi connectivity index (χ3v) is 2.02. The van der Waals surface area contributed by atoms with Crippen molar-refractivity contribution in [1.82, 2.24) is 4.57 Å². The van der Waals surface area contributed by atoms with Gasteiger partial charge in [0.05, 0.1) is 0 Å². The number of hydrogen-bond donors (Lipinski definition) is 1. The Morgan fingerprint density at radius 3 is 3.00 bits per heavy atom. The largest absolute Gasteiger partial charge is 0.318 e. The summed E-state index contributed by atoms with van der Waals surface area (Å²) in [4.78, 5) is 11.5.